The Morgan fingerprint density at radius 1 is 1.28 bits per heavy atom. The van der Waals surface area contributed by atoms with E-state index in [-0.39, 0.29) is 17.8 Å². The summed E-state index contributed by atoms with van der Waals surface area (Å²) in [6, 6.07) is 8.39. The Kier molecular flexibility index (Phi) is 4.01. The van der Waals surface area contributed by atoms with Crippen LogP contribution in [0.3, 0.4) is 0 Å². The van der Waals surface area contributed by atoms with Crippen molar-refractivity contribution in [3.63, 3.8) is 0 Å². The topological polar surface area (TPSA) is 98.2 Å². The van der Waals surface area contributed by atoms with Gasteiger partial charge in [-0.25, -0.2) is 13.6 Å². The third-order valence-electron chi connectivity index (χ3n) is 3.26. The molecule has 100 valence electrons. The lowest BCUT2D eigenvalue weighted by molar-refractivity contribution is 0.497. The minimum atomic E-state index is -3.36. The van der Waals surface area contributed by atoms with Crippen LogP contribution in [0, 0.1) is 0 Å². The fraction of sp³-hybridized carbons (Fsp3) is 0.500. The lowest BCUT2D eigenvalue weighted by Gasteiger charge is -2.13. The van der Waals surface area contributed by atoms with E-state index in [9.17, 15) is 8.42 Å². The standard InChI is InChI=1S/C12H19N3O2S/c13-11-8-12(10-5-2-1-4-9(10)11)15-6-3-7-18(14,16)17/h1-2,4-5,11-12,15H,3,6-8,13H2,(H2,14,16,17). The van der Waals surface area contributed by atoms with Crippen LogP contribution in [0.5, 0.6) is 0 Å². The average Bonchev–Trinajstić information content (AvgIpc) is 2.62. The van der Waals surface area contributed by atoms with Gasteiger partial charge in [0.05, 0.1) is 5.75 Å². The predicted molar refractivity (Wildman–Crippen MR) is 71.3 cm³/mol. The Bertz CT molecular complexity index is 516. The number of fused-ring (bicyclic) bond motifs is 1. The summed E-state index contributed by atoms with van der Waals surface area (Å²) < 4.78 is 21.6. The van der Waals surface area contributed by atoms with Crippen molar-refractivity contribution in [3.8, 4) is 0 Å². The fourth-order valence-electron chi connectivity index (χ4n) is 2.42. The summed E-state index contributed by atoms with van der Waals surface area (Å²) in [7, 11) is -3.36. The van der Waals surface area contributed by atoms with Gasteiger partial charge in [-0.2, -0.15) is 0 Å². The first-order chi connectivity index (χ1) is 8.47. The quantitative estimate of drug-likeness (QED) is 0.674. The number of primary sulfonamides is 1. The average molecular weight is 269 g/mol. The van der Waals surface area contributed by atoms with Gasteiger partial charge in [-0.05, 0) is 30.5 Å². The van der Waals surface area contributed by atoms with Crippen molar-refractivity contribution in [2.24, 2.45) is 10.9 Å². The van der Waals surface area contributed by atoms with Crippen LogP contribution in [-0.4, -0.2) is 20.7 Å². The highest BCUT2D eigenvalue weighted by Gasteiger charge is 2.27. The van der Waals surface area contributed by atoms with E-state index in [1.54, 1.807) is 0 Å². The van der Waals surface area contributed by atoms with Crippen LogP contribution in [0.25, 0.3) is 0 Å². The summed E-state index contributed by atoms with van der Waals surface area (Å²) in [4.78, 5) is 0. The Morgan fingerprint density at radius 3 is 2.61 bits per heavy atom. The van der Waals surface area contributed by atoms with Crippen molar-refractivity contribution >= 4 is 10.0 Å². The lowest BCUT2D eigenvalue weighted by Crippen LogP contribution is -2.25. The van der Waals surface area contributed by atoms with Gasteiger partial charge in [-0.15, -0.1) is 0 Å². The zero-order chi connectivity index (χ0) is 13.2. The second-order valence-corrected chi connectivity index (χ2v) is 6.43. The molecule has 1 aliphatic carbocycles. The van der Waals surface area contributed by atoms with E-state index in [0.717, 1.165) is 6.42 Å². The summed E-state index contributed by atoms with van der Waals surface area (Å²) in [5, 5.41) is 8.29. The highest BCUT2D eigenvalue weighted by Crippen LogP contribution is 2.36. The van der Waals surface area contributed by atoms with Crippen LogP contribution in [0.15, 0.2) is 24.3 Å². The highest BCUT2D eigenvalue weighted by molar-refractivity contribution is 7.89. The van der Waals surface area contributed by atoms with E-state index >= 15 is 0 Å². The predicted octanol–water partition coefficient (Wildman–Crippen LogP) is 0.399. The van der Waals surface area contributed by atoms with E-state index < -0.39 is 10.0 Å². The molecule has 0 saturated carbocycles. The molecule has 0 bridgehead atoms. The van der Waals surface area contributed by atoms with E-state index in [0.29, 0.717) is 13.0 Å². The molecule has 1 aromatic rings. The molecule has 0 radical (unpaired) electrons. The zero-order valence-electron chi connectivity index (χ0n) is 10.2. The molecule has 1 aromatic carbocycles. The van der Waals surface area contributed by atoms with E-state index in [2.05, 4.69) is 11.4 Å². The van der Waals surface area contributed by atoms with Gasteiger partial charge in [0.25, 0.3) is 0 Å². The maximum Gasteiger partial charge on any atom is 0.209 e. The molecule has 2 rings (SSSR count). The van der Waals surface area contributed by atoms with Crippen LogP contribution < -0.4 is 16.2 Å². The van der Waals surface area contributed by atoms with Gasteiger partial charge in [0.15, 0.2) is 0 Å². The van der Waals surface area contributed by atoms with Gasteiger partial charge in [-0.1, -0.05) is 24.3 Å². The SMILES string of the molecule is NC1CC(NCCCS(N)(=O)=O)c2ccccc21. The van der Waals surface area contributed by atoms with Crippen LogP contribution in [0.1, 0.15) is 36.1 Å². The maximum absolute atomic E-state index is 10.8. The number of hydrogen-bond acceptors (Lipinski definition) is 4. The first kappa shape index (κ1) is 13.5. The van der Waals surface area contributed by atoms with Crippen LogP contribution in [0.2, 0.25) is 0 Å². The Morgan fingerprint density at radius 2 is 1.94 bits per heavy atom. The van der Waals surface area contributed by atoms with Crippen molar-refractivity contribution in [3.05, 3.63) is 35.4 Å². The van der Waals surface area contributed by atoms with Gasteiger partial charge in [0, 0.05) is 12.1 Å². The first-order valence-corrected chi connectivity index (χ1v) is 7.77. The van der Waals surface area contributed by atoms with Crippen molar-refractivity contribution in [2.75, 3.05) is 12.3 Å². The third-order valence-corrected chi connectivity index (χ3v) is 4.11. The molecule has 6 heteroatoms. The zero-order valence-corrected chi connectivity index (χ0v) is 11.0. The minimum absolute atomic E-state index is 0.0143. The molecule has 0 spiro atoms. The Balaban J connectivity index is 1.89. The number of nitrogens with one attached hydrogen (secondary N) is 1. The van der Waals surface area contributed by atoms with Crippen LogP contribution >= 0.6 is 0 Å². The summed E-state index contributed by atoms with van der Waals surface area (Å²) in [5.74, 6) is 0.0143. The molecule has 5 nitrogen and oxygen atoms in total. The first-order valence-electron chi connectivity index (χ1n) is 6.05. The molecule has 5 N–H and O–H groups in total. The number of hydrogen-bond donors (Lipinski definition) is 3. The van der Waals surface area contributed by atoms with E-state index in [1.807, 2.05) is 18.2 Å². The Hall–Kier alpha value is -0.950. The summed E-state index contributed by atoms with van der Waals surface area (Å²) >= 11 is 0. The van der Waals surface area contributed by atoms with Crippen molar-refractivity contribution in [1.29, 1.82) is 0 Å². The fourth-order valence-corrected chi connectivity index (χ4v) is 2.96. The summed E-state index contributed by atoms with van der Waals surface area (Å²) in [6.45, 7) is 0.627. The molecule has 0 fully saturated rings. The van der Waals surface area contributed by atoms with E-state index in [4.69, 9.17) is 10.9 Å². The molecule has 0 aliphatic heterocycles. The molecule has 0 heterocycles. The Labute approximate surface area is 108 Å². The molecule has 0 amide bonds. The number of benzene rings is 1. The maximum atomic E-state index is 10.8. The number of nitrogens with two attached hydrogens (primary N) is 2. The van der Waals surface area contributed by atoms with Gasteiger partial charge < -0.3 is 11.1 Å². The van der Waals surface area contributed by atoms with Gasteiger partial charge in [0.2, 0.25) is 10.0 Å². The summed E-state index contributed by atoms with van der Waals surface area (Å²) in [6.07, 6.45) is 1.38. The number of rotatable bonds is 5. The largest absolute Gasteiger partial charge is 0.324 e. The molecule has 0 aromatic heterocycles. The van der Waals surface area contributed by atoms with Gasteiger partial charge in [0.1, 0.15) is 0 Å². The van der Waals surface area contributed by atoms with Crippen LogP contribution in [0.4, 0.5) is 0 Å². The molecular weight excluding hydrogens is 250 g/mol. The molecule has 2 atom stereocenters. The molecule has 1 aliphatic rings. The normalized spacial score (nSPS) is 23.0. The number of sulfonamides is 1. The highest BCUT2D eigenvalue weighted by atomic mass is 32.2. The van der Waals surface area contributed by atoms with Crippen molar-refractivity contribution in [2.45, 2.75) is 24.9 Å². The second kappa shape index (κ2) is 5.36. The van der Waals surface area contributed by atoms with E-state index in [1.165, 1.54) is 11.1 Å². The molecule has 2 unspecified atom stereocenters. The third kappa shape index (κ3) is 3.29. The monoisotopic (exact) mass is 269 g/mol. The lowest BCUT2D eigenvalue weighted by atomic mass is 10.1. The van der Waals surface area contributed by atoms with Gasteiger partial charge in [-0.3, -0.25) is 0 Å². The molecule has 18 heavy (non-hydrogen) atoms. The van der Waals surface area contributed by atoms with Gasteiger partial charge >= 0.3 is 0 Å². The minimum Gasteiger partial charge on any atom is -0.324 e. The second-order valence-electron chi connectivity index (χ2n) is 4.70. The molecular formula is C12H19N3O2S. The molecule has 0 saturated heterocycles. The van der Waals surface area contributed by atoms with Crippen LogP contribution in [-0.2, 0) is 10.0 Å². The smallest absolute Gasteiger partial charge is 0.209 e. The summed E-state index contributed by atoms with van der Waals surface area (Å²) in [5.41, 5.74) is 8.46. The van der Waals surface area contributed by atoms with Crippen molar-refractivity contribution in [1.82, 2.24) is 5.32 Å². The van der Waals surface area contributed by atoms with Crippen molar-refractivity contribution < 1.29 is 8.42 Å².